The van der Waals surface area contributed by atoms with Crippen LogP contribution in [-0.2, 0) is 7.05 Å². The lowest BCUT2D eigenvalue weighted by Crippen LogP contribution is -2.20. The summed E-state index contributed by atoms with van der Waals surface area (Å²) in [5, 5.41) is 7.60. The molecular weight excluding hydrogens is 216 g/mol. The number of hydrogen-bond acceptors (Lipinski definition) is 4. The topological polar surface area (TPSA) is 52.0 Å². The summed E-state index contributed by atoms with van der Waals surface area (Å²) in [5.74, 6) is 0.762. The highest BCUT2D eigenvalue weighted by atomic mass is 16.5. The first-order chi connectivity index (χ1) is 8.26. The van der Waals surface area contributed by atoms with E-state index in [9.17, 15) is 0 Å². The molecule has 0 saturated carbocycles. The van der Waals surface area contributed by atoms with Gasteiger partial charge in [-0.3, -0.25) is 9.67 Å². The van der Waals surface area contributed by atoms with Gasteiger partial charge in [-0.05, 0) is 25.2 Å². The summed E-state index contributed by atoms with van der Waals surface area (Å²) in [4.78, 5) is 4.37. The van der Waals surface area contributed by atoms with Crippen molar-refractivity contribution in [3.8, 4) is 5.75 Å². The van der Waals surface area contributed by atoms with Crippen LogP contribution in [0.4, 0.5) is 0 Å². The van der Waals surface area contributed by atoms with Crippen molar-refractivity contribution in [2.24, 2.45) is 7.05 Å². The van der Waals surface area contributed by atoms with E-state index in [-0.39, 0.29) is 6.04 Å². The Kier molecular flexibility index (Phi) is 3.39. The fraction of sp³-hybridized carbons (Fsp3) is 0.333. The summed E-state index contributed by atoms with van der Waals surface area (Å²) in [6.07, 6.45) is 3.67. The van der Waals surface area contributed by atoms with Crippen molar-refractivity contribution in [2.45, 2.75) is 6.04 Å². The van der Waals surface area contributed by atoms with Crippen LogP contribution >= 0.6 is 0 Å². The molecule has 0 spiro atoms. The molecule has 0 fully saturated rings. The molecule has 2 rings (SSSR count). The van der Waals surface area contributed by atoms with Crippen molar-refractivity contribution >= 4 is 0 Å². The molecule has 1 N–H and O–H groups in total. The third-order valence-corrected chi connectivity index (χ3v) is 2.61. The van der Waals surface area contributed by atoms with E-state index in [1.165, 1.54) is 0 Å². The lowest BCUT2D eigenvalue weighted by Gasteiger charge is -2.15. The van der Waals surface area contributed by atoms with Gasteiger partial charge in [-0.25, -0.2) is 0 Å². The van der Waals surface area contributed by atoms with E-state index in [0.717, 1.165) is 17.1 Å². The first-order valence-electron chi connectivity index (χ1n) is 5.42. The van der Waals surface area contributed by atoms with Gasteiger partial charge in [0.2, 0.25) is 0 Å². The fourth-order valence-corrected chi connectivity index (χ4v) is 1.80. The number of aryl methyl sites for hydroxylation is 1. The number of hydrogen-bond donors (Lipinski definition) is 1. The summed E-state index contributed by atoms with van der Waals surface area (Å²) >= 11 is 0. The standard InChI is InChI=1S/C12H16N4O/c1-13-11(9-6-8-16(2)15-9)12-10(17-3)5-4-7-14-12/h4-8,11,13H,1-3H3. The number of methoxy groups -OCH3 is 1. The maximum atomic E-state index is 5.32. The molecule has 1 atom stereocenters. The minimum atomic E-state index is -0.0626. The van der Waals surface area contributed by atoms with E-state index >= 15 is 0 Å². The van der Waals surface area contributed by atoms with Gasteiger partial charge in [0.25, 0.3) is 0 Å². The van der Waals surface area contributed by atoms with Gasteiger partial charge in [-0.1, -0.05) is 0 Å². The lowest BCUT2D eigenvalue weighted by molar-refractivity contribution is 0.401. The number of ether oxygens (including phenoxy) is 1. The second-order valence-corrected chi connectivity index (χ2v) is 3.73. The van der Waals surface area contributed by atoms with Crippen LogP contribution in [0.15, 0.2) is 30.6 Å². The lowest BCUT2D eigenvalue weighted by atomic mass is 10.1. The van der Waals surface area contributed by atoms with Crippen molar-refractivity contribution in [3.05, 3.63) is 42.0 Å². The summed E-state index contributed by atoms with van der Waals surface area (Å²) in [5.41, 5.74) is 1.77. The van der Waals surface area contributed by atoms with Crippen LogP contribution in [0.3, 0.4) is 0 Å². The van der Waals surface area contributed by atoms with Crippen LogP contribution < -0.4 is 10.1 Å². The molecular formula is C12H16N4O. The fourth-order valence-electron chi connectivity index (χ4n) is 1.80. The molecule has 1 unspecified atom stereocenters. The molecule has 0 bridgehead atoms. The Morgan fingerprint density at radius 2 is 2.24 bits per heavy atom. The minimum Gasteiger partial charge on any atom is -0.495 e. The largest absolute Gasteiger partial charge is 0.495 e. The number of pyridine rings is 1. The Bertz CT molecular complexity index is 495. The van der Waals surface area contributed by atoms with Crippen molar-refractivity contribution in [1.82, 2.24) is 20.1 Å². The van der Waals surface area contributed by atoms with E-state index in [4.69, 9.17) is 4.74 Å². The van der Waals surface area contributed by atoms with Gasteiger partial charge in [-0.15, -0.1) is 0 Å². The Hall–Kier alpha value is -1.88. The normalized spacial score (nSPS) is 12.4. The summed E-state index contributed by atoms with van der Waals surface area (Å²) in [6, 6.07) is 5.66. The van der Waals surface area contributed by atoms with E-state index < -0.39 is 0 Å². The summed E-state index contributed by atoms with van der Waals surface area (Å²) in [6.45, 7) is 0. The van der Waals surface area contributed by atoms with Gasteiger partial charge in [0, 0.05) is 19.4 Å². The minimum absolute atomic E-state index is 0.0626. The molecule has 90 valence electrons. The SMILES string of the molecule is CNC(c1ccn(C)n1)c1ncccc1OC. The molecule has 0 saturated heterocycles. The second kappa shape index (κ2) is 4.97. The highest BCUT2D eigenvalue weighted by Gasteiger charge is 2.19. The van der Waals surface area contributed by atoms with Crippen molar-refractivity contribution in [2.75, 3.05) is 14.2 Å². The van der Waals surface area contributed by atoms with E-state index in [2.05, 4.69) is 15.4 Å². The molecule has 0 aromatic carbocycles. The number of rotatable bonds is 4. The van der Waals surface area contributed by atoms with E-state index in [1.54, 1.807) is 18.0 Å². The monoisotopic (exact) mass is 232 g/mol. The summed E-state index contributed by atoms with van der Waals surface area (Å²) < 4.78 is 7.09. The maximum Gasteiger partial charge on any atom is 0.142 e. The van der Waals surface area contributed by atoms with Gasteiger partial charge in [-0.2, -0.15) is 5.10 Å². The first-order valence-corrected chi connectivity index (χ1v) is 5.42. The molecule has 5 heteroatoms. The van der Waals surface area contributed by atoms with Gasteiger partial charge in [0.15, 0.2) is 0 Å². The van der Waals surface area contributed by atoms with Crippen LogP contribution in [0.1, 0.15) is 17.4 Å². The Morgan fingerprint density at radius 1 is 1.41 bits per heavy atom. The zero-order chi connectivity index (χ0) is 12.3. The number of aromatic nitrogens is 3. The Balaban J connectivity index is 2.41. The van der Waals surface area contributed by atoms with Gasteiger partial charge in [0.05, 0.1) is 18.8 Å². The van der Waals surface area contributed by atoms with Gasteiger partial charge in [0.1, 0.15) is 11.4 Å². The van der Waals surface area contributed by atoms with E-state index in [1.807, 2.05) is 38.5 Å². The van der Waals surface area contributed by atoms with Crippen molar-refractivity contribution in [1.29, 1.82) is 0 Å². The van der Waals surface area contributed by atoms with Crippen LogP contribution in [-0.4, -0.2) is 28.9 Å². The number of nitrogens with one attached hydrogen (secondary N) is 1. The summed E-state index contributed by atoms with van der Waals surface area (Å²) in [7, 11) is 5.42. The molecule has 17 heavy (non-hydrogen) atoms. The quantitative estimate of drug-likeness (QED) is 0.858. The van der Waals surface area contributed by atoms with Crippen molar-refractivity contribution < 1.29 is 4.74 Å². The van der Waals surface area contributed by atoms with Gasteiger partial charge < -0.3 is 10.1 Å². The molecule has 2 aromatic heterocycles. The average molecular weight is 232 g/mol. The highest BCUT2D eigenvalue weighted by molar-refractivity contribution is 5.34. The van der Waals surface area contributed by atoms with Crippen LogP contribution in [0.25, 0.3) is 0 Å². The third kappa shape index (κ3) is 2.29. The molecule has 0 radical (unpaired) electrons. The third-order valence-electron chi connectivity index (χ3n) is 2.61. The van der Waals surface area contributed by atoms with Crippen LogP contribution in [0.5, 0.6) is 5.75 Å². The molecule has 0 amide bonds. The first kappa shape index (κ1) is 11.6. The molecule has 0 aliphatic heterocycles. The van der Waals surface area contributed by atoms with Crippen LogP contribution in [0.2, 0.25) is 0 Å². The molecule has 0 aliphatic carbocycles. The second-order valence-electron chi connectivity index (χ2n) is 3.73. The number of nitrogens with zero attached hydrogens (tertiary/aromatic N) is 3. The molecule has 5 nitrogen and oxygen atoms in total. The van der Waals surface area contributed by atoms with Gasteiger partial charge >= 0.3 is 0 Å². The highest BCUT2D eigenvalue weighted by Crippen LogP contribution is 2.26. The zero-order valence-corrected chi connectivity index (χ0v) is 10.2. The Morgan fingerprint density at radius 3 is 2.82 bits per heavy atom. The molecule has 2 aromatic rings. The predicted molar refractivity (Wildman–Crippen MR) is 64.9 cm³/mol. The van der Waals surface area contributed by atoms with Crippen molar-refractivity contribution in [3.63, 3.8) is 0 Å². The predicted octanol–water partition coefficient (Wildman–Crippen LogP) is 1.13. The maximum absolute atomic E-state index is 5.32. The van der Waals surface area contributed by atoms with Crippen LogP contribution in [0, 0.1) is 0 Å². The smallest absolute Gasteiger partial charge is 0.142 e. The van der Waals surface area contributed by atoms with E-state index in [0.29, 0.717) is 0 Å². The Labute approximate surface area is 100 Å². The molecule has 2 heterocycles. The zero-order valence-electron chi connectivity index (χ0n) is 10.2. The molecule has 0 aliphatic rings. The average Bonchev–Trinajstić information content (AvgIpc) is 2.77.